The van der Waals surface area contributed by atoms with Crippen LogP contribution < -0.4 is 14.4 Å². The van der Waals surface area contributed by atoms with Crippen molar-refractivity contribution in [3.8, 4) is 11.9 Å². The van der Waals surface area contributed by atoms with E-state index in [9.17, 15) is 4.39 Å². The SMILES string of the molecule is [2H]C([2H])(Oc1nc(N2CCCO[C@H]3C[C@H]32)c2c(OC)nc(Cl)c(F)c2n1)[C@@]12CCCN1C[C@H](F)C2. The molecule has 0 unspecified atom stereocenters. The fourth-order valence-electron chi connectivity index (χ4n) is 5.44. The lowest BCUT2D eigenvalue weighted by atomic mass is 9.95. The molecule has 1 aliphatic carbocycles. The van der Waals surface area contributed by atoms with Gasteiger partial charge >= 0.3 is 6.01 Å². The van der Waals surface area contributed by atoms with E-state index in [1.54, 1.807) is 0 Å². The van der Waals surface area contributed by atoms with E-state index in [0.717, 1.165) is 19.3 Å². The second kappa shape index (κ2) is 8.02. The van der Waals surface area contributed by atoms with Crippen LogP contribution in [0.25, 0.3) is 10.9 Å². The first-order chi connectivity index (χ1) is 16.7. The molecule has 4 fully saturated rings. The van der Waals surface area contributed by atoms with E-state index < -0.39 is 29.2 Å². The summed E-state index contributed by atoms with van der Waals surface area (Å²) in [6.45, 7) is -0.358. The van der Waals surface area contributed by atoms with Gasteiger partial charge in [0.1, 0.15) is 29.5 Å². The molecule has 4 atom stereocenters. The first kappa shape index (κ1) is 19.3. The summed E-state index contributed by atoms with van der Waals surface area (Å²) in [5.74, 6) is -0.482. The van der Waals surface area contributed by atoms with Gasteiger partial charge in [-0.3, -0.25) is 4.90 Å². The minimum atomic E-state index is -2.31. The zero-order valence-corrected chi connectivity index (χ0v) is 18.9. The molecule has 178 valence electrons. The Morgan fingerprint density at radius 2 is 2.18 bits per heavy atom. The minimum absolute atomic E-state index is 0.0194. The fraction of sp³-hybridized carbons (Fsp3) is 0.682. The summed E-state index contributed by atoms with van der Waals surface area (Å²) < 4.78 is 64.2. The van der Waals surface area contributed by atoms with Crippen molar-refractivity contribution in [1.29, 1.82) is 0 Å². The van der Waals surface area contributed by atoms with E-state index in [0.29, 0.717) is 31.9 Å². The Kier molecular flexibility index (Phi) is 4.69. The predicted octanol–water partition coefficient (Wildman–Crippen LogP) is 3.15. The zero-order chi connectivity index (χ0) is 24.5. The summed E-state index contributed by atoms with van der Waals surface area (Å²) in [7, 11) is 1.40. The number of anilines is 1. The highest BCUT2D eigenvalue weighted by Gasteiger charge is 2.50. The monoisotopic (exact) mass is 483 g/mol. The molecule has 8 nitrogen and oxygen atoms in total. The van der Waals surface area contributed by atoms with Crippen LogP contribution in [0.5, 0.6) is 11.9 Å². The second-order valence-electron chi connectivity index (χ2n) is 9.13. The van der Waals surface area contributed by atoms with Crippen LogP contribution >= 0.6 is 11.6 Å². The van der Waals surface area contributed by atoms with Crippen LogP contribution in [-0.2, 0) is 4.74 Å². The smallest absolute Gasteiger partial charge is 0.319 e. The predicted molar refractivity (Wildman–Crippen MR) is 118 cm³/mol. The Morgan fingerprint density at radius 1 is 1.30 bits per heavy atom. The third-order valence-electron chi connectivity index (χ3n) is 7.05. The van der Waals surface area contributed by atoms with Gasteiger partial charge in [-0.15, -0.1) is 0 Å². The lowest BCUT2D eigenvalue weighted by Gasteiger charge is -2.31. The van der Waals surface area contributed by atoms with Crippen LogP contribution in [0.1, 0.15) is 34.8 Å². The van der Waals surface area contributed by atoms with E-state index in [2.05, 4.69) is 15.0 Å². The molecule has 2 aromatic rings. The van der Waals surface area contributed by atoms with Crippen LogP contribution in [0.4, 0.5) is 14.6 Å². The molecule has 0 bridgehead atoms. The number of halogens is 3. The van der Waals surface area contributed by atoms with Crippen molar-refractivity contribution in [3.05, 3.63) is 11.0 Å². The maximum Gasteiger partial charge on any atom is 0.319 e. The summed E-state index contributed by atoms with van der Waals surface area (Å²) in [5.41, 5.74) is -1.30. The van der Waals surface area contributed by atoms with Crippen LogP contribution in [-0.4, -0.2) is 83.6 Å². The number of pyridine rings is 1. The van der Waals surface area contributed by atoms with Gasteiger partial charge in [0.15, 0.2) is 11.0 Å². The summed E-state index contributed by atoms with van der Waals surface area (Å²) in [4.78, 5) is 16.6. The van der Waals surface area contributed by atoms with Gasteiger partial charge in [0.05, 0.1) is 27.5 Å². The van der Waals surface area contributed by atoms with Crippen LogP contribution in [0.15, 0.2) is 0 Å². The van der Waals surface area contributed by atoms with Crippen LogP contribution in [0.2, 0.25) is 5.15 Å². The van der Waals surface area contributed by atoms with Gasteiger partial charge in [-0.2, -0.15) is 15.0 Å². The van der Waals surface area contributed by atoms with E-state index >= 15 is 4.39 Å². The molecule has 6 rings (SSSR count). The summed E-state index contributed by atoms with van der Waals surface area (Å²) in [6.07, 6.45) is 1.64. The quantitative estimate of drug-likeness (QED) is 0.601. The third kappa shape index (κ3) is 3.57. The van der Waals surface area contributed by atoms with Crippen molar-refractivity contribution < 1.29 is 25.7 Å². The maximum absolute atomic E-state index is 15.2. The topological polar surface area (TPSA) is 72.8 Å². The second-order valence-corrected chi connectivity index (χ2v) is 9.48. The molecule has 3 saturated heterocycles. The number of fused-ring (bicyclic) bond motifs is 3. The van der Waals surface area contributed by atoms with Crippen molar-refractivity contribution in [1.82, 2.24) is 19.9 Å². The number of nitrogens with zero attached hydrogens (tertiary/aromatic N) is 5. The molecule has 2 aromatic heterocycles. The molecule has 33 heavy (non-hydrogen) atoms. The van der Waals surface area contributed by atoms with Crippen molar-refractivity contribution >= 4 is 28.3 Å². The number of ether oxygens (including phenoxy) is 3. The number of rotatable bonds is 5. The van der Waals surface area contributed by atoms with Crippen LogP contribution in [0, 0.1) is 5.82 Å². The molecular formula is C22H26ClF2N5O3. The number of methoxy groups -OCH3 is 1. The molecule has 0 aromatic carbocycles. The van der Waals surface area contributed by atoms with Crippen molar-refractivity contribution in [2.45, 2.75) is 56.0 Å². The molecule has 0 radical (unpaired) electrons. The highest BCUT2D eigenvalue weighted by Crippen LogP contribution is 2.43. The summed E-state index contributed by atoms with van der Waals surface area (Å²) in [6, 6.07) is -0.304. The normalized spacial score (nSPS) is 32.7. The molecule has 0 spiro atoms. The van der Waals surface area contributed by atoms with Gasteiger partial charge < -0.3 is 19.1 Å². The van der Waals surface area contributed by atoms with E-state index in [-0.39, 0.29) is 47.9 Å². The lowest BCUT2D eigenvalue weighted by molar-refractivity contribution is 0.107. The fourth-order valence-corrected chi connectivity index (χ4v) is 5.61. The third-order valence-corrected chi connectivity index (χ3v) is 7.30. The minimum Gasteiger partial charge on any atom is -0.480 e. The van der Waals surface area contributed by atoms with Crippen molar-refractivity contribution in [2.75, 3.05) is 44.8 Å². The van der Waals surface area contributed by atoms with Gasteiger partial charge in [0.2, 0.25) is 5.88 Å². The van der Waals surface area contributed by atoms with Gasteiger partial charge in [0, 0.05) is 26.1 Å². The first-order valence-electron chi connectivity index (χ1n) is 12.3. The van der Waals surface area contributed by atoms with Crippen LogP contribution in [0.3, 0.4) is 0 Å². The first-order valence-corrected chi connectivity index (χ1v) is 11.7. The van der Waals surface area contributed by atoms with Crippen molar-refractivity contribution in [2.24, 2.45) is 0 Å². The number of aromatic nitrogens is 3. The standard InChI is InChI=1S/C22H26ClF2N5O3/c1-31-20-15-17(16(25)18(23)27-20)26-21(28-19(15)30-6-3-7-32-14-8-13(14)30)33-11-22-4-2-5-29(22)10-12(24)9-22/h12-14H,2-11H2,1H3/t12-,13-,14+,22+/m1/s1/i11D2. The Balaban J connectivity index is 1.48. The van der Waals surface area contributed by atoms with Gasteiger partial charge in [-0.05, 0) is 32.2 Å². The number of alkyl halides is 1. The Morgan fingerprint density at radius 3 is 3.03 bits per heavy atom. The molecule has 11 heteroatoms. The van der Waals surface area contributed by atoms with E-state index in [1.165, 1.54) is 7.11 Å². The highest BCUT2D eigenvalue weighted by atomic mass is 35.5. The highest BCUT2D eigenvalue weighted by molar-refractivity contribution is 6.30. The summed E-state index contributed by atoms with van der Waals surface area (Å²) in [5, 5.41) is -0.187. The Hall–Kier alpha value is -2.04. The molecule has 1 saturated carbocycles. The Bertz CT molecular complexity index is 1180. The van der Waals surface area contributed by atoms with E-state index in [4.69, 9.17) is 28.6 Å². The maximum atomic E-state index is 15.2. The van der Waals surface area contributed by atoms with Gasteiger partial charge in [-0.25, -0.2) is 8.78 Å². The molecular weight excluding hydrogens is 456 g/mol. The average Bonchev–Trinajstić information content (AvgIpc) is 3.39. The summed E-state index contributed by atoms with van der Waals surface area (Å²) >= 11 is 6.03. The largest absolute Gasteiger partial charge is 0.480 e. The van der Waals surface area contributed by atoms with Gasteiger partial charge in [0.25, 0.3) is 0 Å². The average molecular weight is 484 g/mol. The number of hydrogen-bond acceptors (Lipinski definition) is 8. The molecule has 4 aliphatic rings. The number of hydrogen-bond donors (Lipinski definition) is 0. The molecule has 0 amide bonds. The molecule has 3 aliphatic heterocycles. The lowest BCUT2D eigenvalue weighted by Crippen LogP contribution is -2.43. The molecule has 0 N–H and O–H groups in total. The zero-order valence-electron chi connectivity index (χ0n) is 20.2. The Labute approximate surface area is 198 Å². The van der Waals surface area contributed by atoms with E-state index in [1.807, 2.05) is 9.80 Å². The van der Waals surface area contributed by atoms with Gasteiger partial charge in [-0.1, -0.05) is 11.6 Å². The molecule has 5 heterocycles. The van der Waals surface area contributed by atoms with Crippen molar-refractivity contribution in [3.63, 3.8) is 0 Å².